The lowest BCUT2D eigenvalue weighted by Crippen LogP contribution is -2.41. The minimum atomic E-state index is -1.18. The van der Waals surface area contributed by atoms with Gasteiger partial charge in [0.1, 0.15) is 11.5 Å². The Morgan fingerprint density at radius 2 is 1.80 bits per heavy atom. The topological polar surface area (TPSA) is 40.5 Å². The Morgan fingerprint density at radius 3 is 2.40 bits per heavy atom. The Labute approximate surface area is 145 Å². The second-order valence-electron chi connectivity index (χ2n) is 7.26. The van der Waals surface area contributed by atoms with Crippen molar-refractivity contribution in [3.8, 4) is 0 Å². The number of hydrogen-bond donors (Lipinski definition) is 0. The molecule has 7 heteroatoms. The number of fused-ring (bicyclic) bond motifs is 1. The van der Waals surface area contributed by atoms with Crippen LogP contribution in [-0.4, -0.2) is 22.9 Å². The van der Waals surface area contributed by atoms with Crippen LogP contribution in [0.25, 0.3) is 17.0 Å². The molecule has 1 aromatic heterocycles. The lowest BCUT2D eigenvalue weighted by molar-refractivity contribution is 0.00578. The number of pyridine rings is 1. The largest absolute Gasteiger partial charge is 0.525 e. The van der Waals surface area contributed by atoms with E-state index in [1.165, 1.54) is 23.7 Å². The first-order chi connectivity index (χ1) is 11.5. The van der Waals surface area contributed by atoms with Gasteiger partial charge in [0.15, 0.2) is 0 Å². The Bertz CT molecular complexity index is 918. The molecule has 0 saturated carbocycles. The first-order valence-corrected chi connectivity index (χ1v) is 8.04. The van der Waals surface area contributed by atoms with E-state index in [1.54, 1.807) is 12.1 Å². The maximum Gasteiger partial charge on any atom is 0.525 e. The molecule has 0 radical (unpaired) electrons. The first-order valence-electron chi connectivity index (χ1n) is 8.04. The second-order valence-corrected chi connectivity index (χ2v) is 7.26. The summed E-state index contributed by atoms with van der Waals surface area (Å²) in [6.07, 6.45) is 1.09. The molecule has 132 valence electrons. The molecule has 0 atom stereocenters. The van der Waals surface area contributed by atoms with Crippen molar-refractivity contribution >= 4 is 24.1 Å². The average Bonchev–Trinajstić information content (AvgIpc) is 2.72. The maximum atomic E-state index is 14.7. The average molecular weight is 347 g/mol. The molecule has 0 aliphatic carbocycles. The van der Waals surface area contributed by atoms with Crippen LogP contribution in [0.5, 0.6) is 0 Å². The number of benzene rings is 1. The highest BCUT2D eigenvalue weighted by Gasteiger charge is 2.53. The predicted octanol–water partition coefficient (Wildman–Crippen LogP) is 3.62. The van der Waals surface area contributed by atoms with Crippen molar-refractivity contribution < 1.29 is 18.1 Å². The van der Waals surface area contributed by atoms with E-state index >= 15 is 0 Å². The Kier molecular flexibility index (Phi) is 4.12. The fraction of sp³-hybridized carbons (Fsp3) is 0.389. The Morgan fingerprint density at radius 1 is 1.20 bits per heavy atom. The number of aromatic nitrogens is 1. The number of rotatable bonds is 2. The van der Waals surface area contributed by atoms with E-state index in [0.717, 1.165) is 6.08 Å². The van der Waals surface area contributed by atoms with Crippen molar-refractivity contribution in [3.63, 3.8) is 0 Å². The van der Waals surface area contributed by atoms with E-state index in [0.29, 0.717) is 5.39 Å². The summed E-state index contributed by atoms with van der Waals surface area (Å²) in [7, 11) is 0.274. The first kappa shape index (κ1) is 17.8. The SMILES string of the molecule is Cn1c(=O)c(C=C(F)B2OC(C)(C)C(C)(C)O2)cc2cccc(F)c21. The van der Waals surface area contributed by atoms with Gasteiger partial charge in [-0.3, -0.25) is 4.79 Å². The Hall–Kier alpha value is -1.99. The zero-order valence-electron chi connectivity index (χ0n) is 14.9. The third kappa shape index (κ3) is 2.91. The van der Waals surface area contributed by atoms with Gasteiger partial charge in [-0.2, -0.15) is 0 Å². The summed E-state index contributed by atoms with van der Waals surface area (Å²) in [6, 6.07) is 5.95. The number of para-hydroxylation sites is 1. The third-order valence-electron chi connectivity index (χ3n) is 4.99. The van der Waals surface area contributed by atoms with Crippen LogP contribution < -0.4 is 5.56 Å². The summed E-state index contributed by atoms with van der Waals surface area (Å²) in [6.45, 7) is 7.27. The summed E-state index contributed by atoms with van der Waals surface area (Å²) >= 11 is 0. The minimum absolute atomic E-state index is 0.104. The van der Waals surface area contributed by atoms with E-state index in [2.05, 4.69) is 0 Å². The predicted molar refractivity (Wildman–Crippen MR) is 94.3 cm³/mol. The van der Waals surface area contributed by atoms with Crippen LogP contribution in [0.4, 0.5) is 8.78 Å². The molecule has 0 unspecified atom stereocenters. The van der Waals surface area contributed by atoms with Crippen molar-refractivity contribution in [2.45, 2.75) is 38.9 Å². The highest BCUT2D eigenvalue weighted by molar-refractivity contribution is 6.54. The molecule has 1 fully saturated rings. The molecular weight excluding hydrogens is 327 g/mol. The zero-order chi connectivity index (χ0) is 18.6. The van der Waals surface area contributed by atoms with Crippen molar-refractivity contribution in [1.29, 1.82) is 0 Å². The summed E-state index contributed by atoms with van der Waals surface area (Å²) < 4.78 is 41.1. The highest BCUT2D eigenvalue weighted by atomic mass is 19.1. The zero-order valence-corrected chi connectivity index (χ0v) is 14.9. The van der Waals surface area contributed by atoms with Gasteiger partial charge in [0, 0.05) is 18.0 Å². The molecule has 1 aromatic carbocycles. The van der Waals surface area contributed by atoms with Crippen LogP contribution in [0.15, 0.2) is 34.8 Å². The van der Waals surface area contributed by atoms with Gasteiger partial charge < -0.3 is 13.9 Å². The van der Waals surface area contributed by atoms with Crippen LogP contribution in [0.3, 0.4) is 0 Å². The number of halogens is 2. The van der Waals surface area contributed by atoms with Crippen LogP contribution >= 0.6 is 0 Å². The number of aryl methyl sites for hydroxylation is 1. The van der Waals surface area contributed by atoms with Crippen molar-refractivity contribution in [2.75, 3.05) is 0 Å². The van der Waals surface area contributed by atoms with Crippen molar-refractivity contribution in [3.05, 3.63) is 51.7 Å². The molecule has 0 amide bonds. The molecule has 1 aliphatic heterocycles. The lowest BCUT2D eigenvalue weighted by atomic mass is 9.87. The molecular formula is C18H20BF2NO3. The van der Waals surface area contributed by atoms with Gasteiger partial charge in [-0.1, -0.05) is 12.1 Å². The van der Waals surface area contributed by atoms with Gasteiger partial charge >= 0.3 is 7.12 Å². The van der Waals surface area contributed by atoms with Gasteiger partial charge in [-0.15, -0.1) is 0 Å². The molecule has 2 aromatic rings. The molecule has 3 rings (SSSR count). The quantitative estimate of drug-likeness (QED) is 0.779. The summed E-state index contributed by atoms with van der Waals surface area (Å²) in [5.74, 6) is -0.501. The second kappa shape index (κ2) is 5.78. The summed E-state index contributed by atoms with van der Waals surface area (Å²) in [5.41, 5.74) is -2.27. The fourth-order valence-corrected chi connectivity index (χ4v) is 2.80. The van der Waals surface area contributed by atoms with Gasteiger partial charge in [0.2, 0.25) is 0 Å². The molecule has 0 spiro atoms. The maximum absolute atomic E-state index is 14.7. The molecule has 25 heavy (non-hydrogen) atoms. The van der Waals surface area contributed by atoms with Crippen LogP contribution in [0.1, 0.15) is 33.3 Å². The monoisotopic (exact) mass is 347 g/mol. The number of hydrogen-bond acceptors (Lipinski definition) is 3. The van der Waals surface area contributed by atoms with Gasteiger partial charge in [0.25, 0.3) is 5.56 Å². The molecule has 1 saturated heterocycles. The highest BCUT2D eigenvalue weighted by Crippen LogP contribution is 2.39. The third-order valence-corrected chi connectivity index (χ3v) is 4.99. The molecule has 2 heterocycles. The van der Waals surface area contributed by atoms with Crippen molar-refractivity contribution in [1.82, 2.24) is 4.57 Å². The van der Waals surface area contributed by atoms with Crippen LogP contribution in [0, 0.1) is 5.82 Å². The van der Waals surface area contributed by atoms with Crippen molar-refractivity contribution in [2.24, 2.45) is 7.05 Å². The van der Waals surface area contributed by atoms with E-state index in [1.807, 2.05) is 27.7 Å². The molecule has 1 aliphatic rings. The van der Waals surface area contributed by atoms with E-state index in [-0.39, 0.29) is 11.1 Å². The standard InChI is InChI=1S/C18H20BF2NO3/c1-17(2)18(3,4)25-19(24-17)14(21)10-12-9-11-7-6-8-13(20)15(11)22(5)16(12)23/h6-10H,1-5H3. The lowest BCUT2D eigenvalue weighted by Gasteiger charge is -2.32. The van der Waals surface area contributed by atoms with Gasteiger partial charge in [-0.05, 0) is 45.9 Å². The Balaban J connectivity index is 2.05. The van der Waals surface area contributed by atoms with Gasteiger partial charge in [0.05, 0.1) is 16.7 Å². The summed E-state index contributed by atoms with van der Waals surface area (Å²) in [5, 5.41) is 0.509. The molecule has 0 bridgehead atoms. The molecule has 0 N–H and O–H groups in total. The number of nitrogens with zero attached hydrogens (tertiary/aromatic N) is 1. The van der Waals surface area contributed by atoms with E-state index < -0.39 is 35.4 Å². The van der Waals surface area contributed by atoms with E-state index in [9.17, 15) is 13.6 Å². The minimum Gasteiger partial charge on any atom is -0.398 e. The smallest absolute Gasteiger partial charge is 0.398 e. The normalized spacial score (nSPS) is 19.6. The van der Waals surface area contributed by atoms with Crippen LogP contribution in [0.2, 0.25) is 0 Å². The van der Waals surface area contributed by atoms with E-state index in [4.69, 9.17) is 9.31 Å². The fourth-order valence-electron chi connectivity index (χ4n) is 2.80. The summed E-state index contributed by atoms with van der Waals surface area (Å²) in [4.78, 5) is 12.4. The molecule has 4 nitrogen and oxygen atoms in total. The van der Waals surface area contributed by atoms with Gasteiger partial charge in [-0.25, -0.2) is 8.78 Å². The van der Waals surface area contributed by atoms with Crippen LogP contribution in [-0.2, 0) is 16.4 Å².